The van der Waals surface area contributed by atoms with Crippen LogP contribution in [0.15, 0.2) is 0 Å². The van der Waals surface area contributed by atoms with Crippen LogP contribution in [0.4, 0.5) is 0 Å². The number of aliphatic hydroxyl groups is 1. The zero-order valence-corrected chi connectivity index (χ0v) is 29.8. The van der Waals surface area contributed by atoms with E-state index in [0.29, 0.717) is 6.42 Å². The molecular formula is C31H42N6O18. The number of amides is 7. The maximum atomic E-state index is 12.3. The third-order valence-electron chi connectivity index (χ3n) is 7.89. The molecule has 7 amide bonds. The van der Waals surface area contributed by atoms with E-state index in [4.69, 9.17) is 16.1 Å². The van der Waals surface area contributed by atoms with Crippen LogP contribution >= 0.6 is 0 Å². The first-order valence-corrected chi connectivity index (χ1v) is 16.5. The molecule has 2 heterocycles. The Bertz CT molecular complexity index is 1490. The van der Waals surface area contributed by atoms with Crippen molar-refractivity contribution in [1.29, 1.82) is 0 Å². The lowest BCUT2D eigenvalue weighted by Crippen LogP contribution is -2.46. The molecule has 0 radical (unpaired) electrons. The summed E-state index contributed by atoms with van der Waals surface area (Å²) < 4.78 is 0. The van der Waals surface area contributed by atoms with Crippen LogP contribution in [0.25, 0.3) is 0 Å². The van der Waals surface area contributed by atoms with Gasteiger partial charge >= 0.3 is 23.9 Å². The molecule has 2 unspecified atom stereocenters. The van der Waals surface area contributed by atoms with Crippen molar-refractivity contribution in [2.24, 2.45) is 17.7 Å². The molecule has 0 aromatic carbocycles. The van der Waals surface area contributed by atoms with Gasteiger partial charge in [-0.1, -0.05) is 6.92 Å². The molecule has 2 atom stereocenters. The van der Waals surface area contributed by atoms with Gasteiger partial charge < -0.3 is 25.0 Å². The lowest BCUT2D eigenvalue weighted by atomic mass is 9.86. The fourth-order valence-electron chi connectivity index (χ4n) is 4.77. The Morgan fingerprint density at radius 1 is 0.727 bits per heavy atom. The molecule has 2 aliphatic rings. The van der Waals surface area contributed by atoms with Gasteiger partial charge in [0.2, 0.25) is 17.7 Å². The van der Waals surface area contributed by atoms with Gasteiger partial charge in [0.1, 0.15) is 18.0 Å². The predicted molar refractivity (Wildman–Crippen MR) is 173 cm³/mol. The number of rotatable bonds is 20. The number of hydrogen-bond acceptors (Lipinski definition) is 17. The highest BCUT2D eigenvalue weighted by Crippen LogP contribution is 2.23. The Labute approximate surface area is 311 Å². The van der Waals surface area contributed by atoms with Crippen LogP contribution in [0.5, 0.6) is 0 Å². The lowest BCUT2D eigenvalue weighted by Gasteiger charge is -2.23. The minimum atomic E-state index is -3.02. The number of carboxylic acid groups (broad SMARTS) is 2. The number of imide groups is 2. The zero-order chi connectivity index (χ0) is 42.0. The van der Waals surface area contributed by atoms with Crippen molar-refractivity contribution < 1.29 is 87.3 Å². The van der Waals surface area contributed by atoms with Crippen molar-refractivity contribution in [2.75, 3.05) is 0 Å². The summed E-state index contributed by atoms with van der Waals surface area (Å²) in [6.45, 7) is 3.09. The number of carbonyl (C=O) groups excluding carboxylic acids is 11. The van der Waals surface area contributed by atoms with E-state index in [0.717, 1.165) is 0 Å². The van der Waals surface area contributed by atoms with E-state index in [1.165, 1.54) is 6.92 Å². The Morgan fingerprint density at radius 2 is 1.16 bits per heavy atom. The highest BCUT2D eigenvalue weighted by Gasteiger charge is 2.45. The molecule has 2 saturated heterocycles. The number of nitrogens with one attached hydrogen (secondary N) is 3. The van der Waals surface area contributed by atoms with Crippen molar-refractivity contribution in [1.82, 2.24) is 26.4 Å². The summed E-state index contributed by atoms with van der Waals surface area (Å²) in [6.07, 6.45) is -3.49. The number of nitrogens with two attached hydrogens (primary N) is 1. The summed E-state index contributed by atoms with van der Waals surface area (Å²) >= 11 is 0. The smallest absolute Gasteiger partial charge is 0.336 e. The normalized spacial score (nSPS) is 14.9. The summed E-state index contributed by atoms with van der Waals surface area (Å²) in [5, 5.41) is 28.2. The number of Topliss-reactive ketones (excluding diaryl/α,β-unsaturated/α-hetero) is 2. The number of hydrazine groups is 2. The topological polar surface area (TPSA) is 370 Å². The highest BCUT2D eigenvalue weighted by molar-refractivity contribution is 6.03. The average Bonchev–Trinajstić information content (AvgIpc) is 3.59. The molecule has 0 bridgehead atoms. The molecule has 24 heteroatoms. The largest absolute Gasteiger partial charge is 0.481 e. The minimum Gasteiger partial charge on any atom is -0.481 e. The molecule has 2 aliphatic heterocycles. The Hall–Kier alpha value is -6.17. The van der Waals surface area contributed by atoms with Gasteiger partial charge in [0.05, 0.1) is 12.8 Å². The molecule has 0 saturated carbocycles. The number of carboxylic acids is 2. The van der Waals surface area contributed by atoms with E-state index in [9.17, 15) is 67.4 Å². The predicted octanol–water partition coefficient (Wildman–Crippen LogP) is -2.85. The maximum Gasteiger partial charge on any atom is 0.336 e. The van der Waals surface area contributed by atoms with Crippen molar-refractivity contribution in [3.05, 3.63) is 0 Å². The first kappa shape index (κ1) is 46.9. The zero-order valence-electron chi connectivity index (χ0n) is 29.8. The van der Waals surface area contributed by atoms with E-state index >= 15 is 0 Å². The lowest BCUT2D eigenvalue weighted by molar-refractivity contribution is -0.207. The molecule has 24 nitrogen and oxygen atoms in total. The van der Waals surface area contributed by atoms with Gasteiger partial charge in [-0.05, 0) is 26.2 Å². The van der Waals surface area contributed by atoms with Gasteiger partial charge in [-0.25, -0.2) is 20.2 Å². The molecule has 0 aliphatic carbocycles. The molecule has 2 fully saturated rings. The summed E-state index contributed by atoms with van der Waals surface area (Å²) in [6, 6.07) is 0. The van der Waals surface area contributed by atoms with Crippen molar-refractivity contribution in [3.63, 3.8) is 0 Å². The van der Waals surface area contributed by atoms with E-state index in [-0.39, 0.29) is 79.5 Å². The minimum absolute atomic E-state index is 0.0657. The van der Waals surface area contributed by atoms with Crippen molar-refractivity contribution >= 4 is 76.8 Å². The summed E-state index contributed by atoms with van der Waals surface area (Å²) in [5.74, 6) is -8.03. The first-order valence-electron chi connectivity index (χ1n) is 16.5. The number of ketones is 2. The number of aliphatic carboxylic acids is 2. The molecular weight excluding hydrogens is 744 g/mol. The molecule has 55 heavy (non-hydrogen) atoms. The standard InChI is InChI=1S/C17H28N4O7.C14H14N2O11/c1-3-11(5-7-17(27)28)13(23)8-12(10(2)22)4-6-14(24)20-21-16(26)9-15(25)19-18;17-7-1-2-8(18)15(7)26-11(21)5-14(25,13(23)24)6-12(22)27-16-9(19)3-4-10(16)20/h11-12H,3-9,18H2,1-2H3,(H,19,25)(H,20,24)(H,21,26)(H,27,28);25H,1-6H2,(H,23,24). The van der Waals surface area contributed by atoms with Gasteiger partial charge in [0.15, 0.2) is 5.60 Å². The molecule has 0 aromatic heterocycles. The van der Waals surface area contributed by atoms with Crippen LogP contribution in [0.1, 0.15) is 97.3 Å². The fraction of sp³-hybridized carbons (Fsp3) is 0.581. The molecule has 0 aromatic rings. The van der Waals surface area contributed by atoms with Crippen LogP contribution in [0.2, 0.25) is 0 Å². The van der Waals surface area contributed by atoms with Gasteiger partial charge in [0.25, 0.3) is 23.6 Å². The second-order valence-corrected chi connectivity index (χ2v) is 12.2. The number of carbonyl (C=O) groups is 13. The maximum absolute atomic E-state index is 12.3. The second-order valence-electron chi connectivity index (χ2n) is 12.2. The third-order valence-corrected chi connectivity index (χ3v) is 7.89. The van der Waals surface area contributed by atoms with Gasteiger partial charge in [-0.2, -0.15) is 0 Å². The van der Waals surface area contributed by atoms with Crippen LogP contribution in [-0.2, 0) is 72.0 Å². The molecule has 304 valence electrons. The van der Waals surface area contributed by atoms with Crippen LogP contribution in [0.3, 0.4) is 0 Å². The van der Waals surface area contributed by atoms with E-state index < -0.39 is 102 Å². The van der Waals surface area contributed by atoms with Crippen molar-refractivity contribution in [2.45, 2.75) is 103 Å². The third kappa shape index (κ3) is 16.2. The Kier molecular flexibility index (Phi) is 18.9. The SMILES string of the molecule is CCC(CCC(=O)O)C(=O)CC(CCC(=O)NNC(=O)CC(=O)NN)C(C)=O.O=C(CC(O)(CC(=O)ON1C(=O)CCC1=O)C(=O)O)ON1C(=O)CCC1=O. The summed E-state index contributed by atoms with van der Waals surface area (Å²) in [5.41, 5.74) is 2.89. The average molecular weight is 787 g/mol. The van der Waals surface area contributed by atoms with E-state index in [2.05, 4.69) is 15.1 Å². The van der Waals surface area contributed by atoms with Crippen LogP contribution < -0.4 is 22.1 Å². The van der Waals surface area contributed by atoms with E-state index in [1.54, 1.807) is 12.3 Å². The fourth-order valence-corrected chi connectivity index (χ4v) is 4.77. The van der Waals surface area contributed by atoms with Gasteiger partial charge in [0, 0.05) is 56.8 Å². The summed E-state index contributed by atoms with van der Waals surface area (Å²) in [4.78, 5) is 158. The quantitative estimate of drug-likeness (QED) is 0.0215. The molecule has 0 spiro atoms. The van der Waals surface area contributed by atoms with Crippen LogP contribution in [0, 0.1) is 11.8 Å². The number of hydroxylamine groups is 4. The number of nitrogens with zero attached hydrogens (tertiary/aromatic N) is 2. The van der Waals surface area contributed by atoms with Gasteiger partial charge in [-0.3, -0.25) is 64.2 Å². The van der Waals surface area contributed by atoms with Crippen molar-refractivity contribution in [3.8, 4) is 0 Å². The first-order chi connectivity index (χ1) is 25.6. The molecule has 2 rings (SSSR count). The highest BCUT2D eigenvalue weighted by atomic mass is 16.7. The Balaban J connectivity index is 0.000000550. The number of hydrogen-bond donors (Lipinski definition) is 7. The van der Waals surface area contributed by atoms with Crippen LogP contribution in [-0.4, -0.2) is 108 Å². The van der Waals surface area contributed by atoms with E-state index in [1.807, 2.05) is 5.43 Å². The monoisotopic (exact) mass is 786 g/mol. The van der Waals surface area contributed by atoms with Gasteiger partial charge in [-0.15, -0.1) is 10.1 Å². The summed E-state index contributed by atoms with van der Waals surface area (Å²) in [7, 11) is 0. The molecule has 8 N–H and O–H groups in total. The Morgan fingerprint density at radius 3 is 1.55 bits per heavy atom. The second kappa shape index (κ2) is 22.1.